The zero-order valence-electron chi connectivity index (χ0n) is 10.5. The summed E-state index contributed by atoms with van der Waals surface area (Å²) in [6.07, 6.45) is -4.30. The minimum absolute atomic E-state index is 0.0685. The van der Waals surface area contributed by atoms with Crippen LogP contribution < -0.4 is 10.2 Å². The summed E-state index contributed by atoms with van der Waals surface area (Å²) in [7, 11) is 0. The largest absolute Gasteiger partial charge is 0.410 e. The lowest BCUT2D eigenvalue weighted by molar-refractivity contribution is -0.147. The van der Waals surface area contributed by atoms with Crippen LogP contribution in [0.1, 0.15) is 12.0 Å². The van der Waals surface area contributed by atoms with Gasteiger partial charge in [-0.25, -0.2) is 0 Å². The van der Waals surface area contributed by atoms with Crippen LogP contribution >= 0.6 is 0 Å². The van der Waals surface area contributed by atoms with Gasteiger partial charge in [0.05, 0.1) is 0 Å². The Hall–Kier alpha value is -1.72. The summed E-state index contributed by atoms with van der Waals surface area (Å²) in [6.45, 7) is 1.54. The first-order valence-electron chi connectivity index (χ1n) is 6.04. The van der Waals surface area contributed by atoms with Gasteiger partial charge in [0.25, 0.3) is 0 Å². The van der Waals surface area contributed by atoms with Crippen molar-refractivity contribution in [3.63, 3.8) is 0 Å². The number of aryl methyl sites for hydroxylation is 1. The number of hydrogen-bond acceptors (Lipinski definition) is 2. The fourth-order valence-corrected chi connectivity index (χ4v) is 2.12. The molecule has 1 amide bonds. The standard InChI is InChI=1S/C13H15F3N2O/c1-9-2-4-10(5-3-9)18-7-6-12(19)17-8-11(18)13(14,15)16/h2-5,11H,6-8H2,1H3,(H,17,19). The zero-order valence-corrected chi connectivity index (χ0v) is 10.5. The SMILES string of the molecule is Cc1ccc(N2CCC(=O)NCC2C(F)(F)F)cc1. The Labute approximate surface area is 109 Å². The van der Waals surface area contributed by atoms with Crippen molar-refractivity contribution in [2.75, 3.05) is 18.0 Å². The van der Waals surface area contributed by atoms with E-state index in [0.29, 0.717) is 5.69 Å². The smallest absolute Gasteiger partial charge is 0.358 e. The molecule has 104 valence electrons. The number of carbonyl (C=O) groups excluding carboxylic acids is 1. The second-order valence-electron chi connectivity index (χ2n) is 4.64. The van der Waals surface area contributed by atoms with Gasteiger partial charge in [0, 0.05) is 25.2 Å². The number of nitrogens with zero attached hydrogens (tertiary/aromatic N) is 1. The molecule has 1 aromatic rings. The fraction of sp³-hybridized carbons (Fsp3) is 0.462. The zero-order chi connectivity index (χ0) is 14.0. The summed E-state index contributed by atoms with van der Waals surface area (Å²) < 4.78 is 39.2. The van der Waals surface area contributed by atoms with Gasteiger partial charge in [-0.1, -0.05) is 17.7 Å². The molecule has 0 aliphatic carbocycles. The molecule has 0 saturated carbocycles. The van der Waals surface area contributed by atoms with Crippen LogP contribution in [0.15, 0.2) is 24.3 Å². The van der Waals surface area contributed by atoms with Gasteiger partial charge in [0.1, 0.15) is 6.04 Å². The van der Waals surface area contributed by atoms with Crippen LogP contribution in [0.25, 0.3) is 0 Å². The minimum Gasteiger partial charge on any atom is -0.358 e. The van der Waals surface area contributed by atoms with Crippen molar-refractivity contribution in [1.29, 1.82) is 0 Å². The van der Waals surface area contributed by atoms with Crippen LogP contribution in [0.4, 0.5) is 18.9 Å². The molecule has 1 saturated heterocycles. The van der Waals surface area contributed by atoms with Crippen LogP contribution in [0.2, 0.25) is 0 Å². The van der Waals surface area contributed by atoms with Gasteiger partial charge >= 0.3 is 6.18 Å². The Bertz CT molecular complexity index is 456. The molecule has 6 heteroatoms. The maximum Gasteiger partial charge on any atom is 0.410 e. The summed E-state index contributed by atoms with van der Waals surface area (Å²) >= 11 is 0. The molecule has 0 bridgehead atoms. The van der Waals surface area contributed by atoms with Crippen molar-refractivity contribution in [2.45, 2.75) is 25.6 Å². The molecule has 1 aliphatic heterocycles. The van der Waals surface area contributed by atoms with Gasteiger partial charge in [0.2, 0.25) is 5.91 Å². The van der Waals surface area contributed by atoms with E-state index < -0.39 is 18.8 Å². The van der Waals surface area contributed by atoms with Crippen LogP contribution in [-0.4, -0.2) is 31.2 Å². The maximum atomic E-state index is 13.1. The lowest BCUT2D eigenvalue weighted by Gasteiger charge is -2.32. The van der Waals surface area contributed by atoms with Gasteiger partial charge in [-0.05, 0) is 19.1 Å². The Morgan fingerprint density at radius 2 is 1.89 bits per heavy atom. The number of alkyl halides is 3. The molecule has 1 unspecified atom stereocenters. The van der Waals surface area contributed by atoms with E-state index in [4.69, 9.17) is 0 Å². The van der Waals surface area contributed by atoms with E-state index >= 15 is 0 Å². The molecule has 19 heavy (non-hydrogen) atoms. The number of amides is 1. The molecule has 1 fully saturated rings. The van der Waals surface area contributed by atoms with E-state index in [-0.39, 0.29) is 18.9 Å². The minimum atomic E-state index is -4.37. The second kappa shape index (κ2) is 5.11. The van der Waals surface area contributed by atoms with Crippen LogP contribution in [0, 0.1) is 6.92 Å². The molecular formula is C13H15F3N2O. The predicted molar refractivity (Wildman–Crippen MR) is 66.0 cm³/mol. The van der Waals surface area contributed by atoms with Gasteiger partial charge in [-0.15, -0.1) is 0 Å². The number of rotatable bonds is 1. The van der Waals surface area contributed by atoms with E-state index in [0.717, 1.165) is 5.56 Å². The average Bonchev–Trinajstić information content (AvgIpc) is 2.52. The number of hydrogen-bond donors (Lipinski definition) is 1. The Morgan fingerprint density at radius 1 is 1.26 bits per heavy atom. The normalized spacial score (nSPS) is 20.9. The van der Waals surface area contributed by atoms with Crippen LogP contribution in [0.3, 0.4) is 0 Å². The lowest BCUT2D eigenvalue weighted by atomic mass is 10.1. The van der Waals surface area contributed by atoms with Gasteiger partial charge < -0.3 is 10.2 Å². The third kappa shape index (κ3) is 3.19. The van der Waals surface area contributed by atoms with E-state index in [2.05, 4.69) is 5.32 Å². The molecule has 0 spiro atoms. The van der Waals surface area contributed by atoms with E-state index in [1.165, 1.54) is 4.90 Å². The van der Waals surface area contributed by atoms with Crippen molar-refractivity contribution in [1.82, 2.24) is 5.32 Å². The number of halogens is 3. The highest BCUT2D eigenvalue weighted by Gasteiger charge is 2.44. The van der Waals surface area contributed by atoms with Gasteiger partial charge in [-0.2, -0.15) is 13.2 Å². The summed E-state index contributed by atoms with van der Waals surface area (Å²) in [6, 6.07) is 5.17. The van der Waals surface area contributed by atoms with Crippen molar-refractivity contribution in [3.05, 3.63) is 29.8 Å². The molecule has 1 N–H and O–H groups in total. The average molecular weight is 272 g/mol. The molecule has 0 aromatic heterocycles. The molecule has 1 aliphatic rings. The molecule has 1 aromatic carbocycles. The number of nitrogens with one attached hydrogen (secondary N) is 1. The molecular weight excluding hydrogens is 257 g/mol. The molecule has 1 heterocycles. The summed E-state index contributed by atoms with van der Waals surface area (Å²) in [4.78, 5) is 12.5. The van der Waals surface area contributed by atoms with Crippen molar-refractivity contribution < 1.29 is 18.0 Å². The Balaban J connectivity index is 2.31. The third-order valence-corrected chi connectivity index (χ3v) is 3.19. The Morgan fingerprint density at radius 3 is 2.47 bits per heavy atom. The van der Waals surface area contributed by atoms with E-state index in [1.807, 2.05) is 6.92 Å². The molecule has 0 radical (unpaired) electrons. The molecule has 3 nitrogen and oxygen atoms in total. The first-order valence-corrected chi connectivity index (χ1v) is 6.04. The van der Waals surface area contributed by atoms with Crippen LogP contribution in [0.5, 0.6) is 0 Å². The quantitative estimate of drug-likeness (QED) is 0.850. The topological polar surface area (TPSA) is 32.3 Å². The van der Waals surface area contributed by atoms with Gasteiger partial charge in [0.15, 0.2) is 0 Å². The maximum absolute atomic E-state index is 13.1. The molecule has 2 rings (SSSR count). The monoisotopic (exact) mass is 272 g/mol. The predicted octanol–water partition coefficient (Wildman–Crippen LogP) is 2.25. The summed E-state index contributed by atoms with van der Waals surface area (Å²) in [5.74, 6) is -0.344. The first kappa shape index (κ1) is 13.7. The van der Waals surface area contributed by atoms with E-state index in [1.54, 1.807) is 24.3 Å². The number of carbonyl (C=O) groups is 1. The second-order valence-corrected chi connectivity index (χ2v) is 4.64. The number of benzene rings is 1. The van der Waals surface area contributed by atoms with Crippen molar-refractivity contribution in [2.24, 2.45) is 0 Å². The summed E-state index contributed by atoms with van der Waals surface area (Å²) in [5.41, 5.74) is 1.47. The highest BCUT2D eigenvalue weighted by molar-refractivity contribution is 5.77. The highest BCUT2D eigenvalue weighted by atomic mass is 19.4. The molecule has 1 atom stereocenters. The highest BCUT2D eigenvalue weighted by Crippen LogP contribution is 2.30. The van der Waals surface area contributed by atoms with Crippen molar-refractivity contribution >= 4 is 11.6 Å². The first-order chi connectivity index (χ1) is 8.88. The van der Waals surface area contributed by atoms with Gasteiger partial charge in [-0.3, -0.25) is 4.79 Å². The number of anilines is 1. The Kier molecular flexibility index (Phi) is 3.68. The van der Waals surface area contributed by atoms with Crippen molar-refractivity contribution in [3.8, 4) is 0 Å². The lowest BCUT2D eigenvalue weighted by Crippen LogP contribution is -2.50. The third-order valence-electron chi connectivity index (χ3n) is 3.19. The fourth-order valence-electron chi connectivity index (χ4n) is 2.12. The summed E-state index contributed by atoms with van der Waals surface area (Å²) in [5, 5.41) is 2.31. The van der Waals surface area contributed by atoms with Crippen LogP contribution in [-0.2, 0) is 4.79 Å². The van der Waals surface area contributed by atoms with E-state index in [9.17, 15) is 18.0 Å².